The standard InChI is InChI=1S/C12H12ClIN2O/c13-8-4-3-5-9-11(8)12(14)15-16(9)10-6-1-2-7-17-10/h3-5,10H,1-2,6-7H2. The zero-order valence-corrected chi connectivity index (χ0v) is 12.1. The quantitative estimate of drug-likeness (QED) is 0.717. The first-order valence-corrected chi connectivity index (χ1v) is 7.17. The zero-order valence-electron chi connectivity index (χ0n) is 9.20. The van der Waals surface area contributed by atoms with E-state index in [1.807, 2.05) is 22.9 Å². The first-order valence-electron chi connectivity index (χ1n) is 5.71. The Morgan fingerprint density at radius 1 is 1.41 bits per heavy atom. The van der Waals surface area contributed by atoms with Crippen molar-refractivity contribution in [2.45, 2.75) is 25.5 Å². The Morgan fingerprint density at radius 3 is 3.06 bits per heavy atom. The number of nitrogens with zero attached hydrogens (tertiary/aromatic N) is 2. The van der Waals surface area contributed by atoms with Crippen LogP contribution in [0.2, 0.25) is 5.02 Å². The van der Waals surface area contributed by atoms with Crippen molar-refractivity contribution in [3.63, 3.8) is 0 Å². The molecule has 0 bridgehead atoms. The summed E-state index contributed by atoms with van der Waals surface area (Å²) in [5.41, 5.74) is 1.06. The van der Waals surface area contributed by atoms with Crippen molar-refractivity contribution in [3.05, 3.63) is 26.9 Å². The van der Waals surface area contributed by atoms with Gasteiger partial charge in [0, 0.05) is 6.61 Å². The summed E-state index contributed by atoms with van der Waals surface area (Å²) in [5, 5.41) is 6.36. The summed E-state index contributed by atoms with van der Waals surface area (Å²) in [6.07, 6.45) is 3.43. The highest BCUT2D eigenvalue weighted by molar-refractivity contribution is 14.1. The van der Waals surface area contributed by atoms with E-state index in [4.69, 9.17) is 16.3 Å². The second kappa shape index (κ2) is 4.74. The van der Waals surface area contributed by atoms with E-state index in [2.05, 4.69) is 27.7 Å². The molecule has 0 radical (unpaired) electrons. The molecule has 1 aliphatic heterocycles. The van der Waals surface area contributed by atoms with Crippen LogP contribution >= 0.6 is 34.2 Å². The lowest BCUT2D eigenvalue weighted by Gasteiger charge is -2.23. The van der Waals surface area contributed by atoms with E-state index in [1.165, 1.54) is 6.42 Å². The van der Waals surface area contributed by atoms with Crippen LogP contribution in [0.25, 0.3) is 10.9 Å². The topological polar surface area (TPSA) is 27.1 Å². The summed E-state index contributed by atoms with van der Waals surface area (Å²) < 4.78 is 8.70. The Kier molecular flexibility index (Phi) is 3.28. The number of hydrogen-bond acceptors (Lipinski definition) is 2. The lowest BCUT2D eigenvalue weighted by molar-refractivity contribution is -0.0368. The van der Waals surface area contributed by atoms with Gasteiger partial charge in [0.15, 0.2) is 6.23 Å². The van der Waals surface area contributed by atoms with Gasteiger partial charge >= 0.3 is 0 Å². The fourth-order valence-electron chi connectivity index (χ4n) is 2.24. The molecule has 1 aromatic carbocycles. The second-order valence-corrected chi connectivity index (χ2v) is 5.62. The molecule has 5 heteroatoms. The largest absolute Gasteiger partial charge is 0.356 e. The number of fused-ring (bicyclic) bond motifs is 1. The molecule has 2 aromatic rings. The summed E-state index contributed by atoms with van der Waals surface area (Å²) in [6, 6.07) is 5.91. The molecule has 0 aliphatic carbocycles. The predicted molar refractivity (Wildman–Crippen MR) is 76.3 cm³/mol. The van der Waals surface area contributed by atoms with Gasteiger partial charge in [-0.2, -0.15) is 5.10 Å². The van der Waals surface area contributed by atoms with E-state index in [0.29, 0.717) is 0 Å². The molecule has 1 saturated heterocycles. The summed E-state index contributed by atoms with van der Waals surface area (Å²) in [6.45, 7) is 0.823. The van der Waals surface area contributed by atoms with Gasteiger partial charge in [-0.25, -0.2) is 4.68 Å². The van der Waals surface area contributed by atoms with Gasteiger partial charge in [-0.05, 0) is 54.0 Å². The average Bonchev–Trinajstić information content (AvgIpc) is 2.69. The summed E-state index contributed by atoms with van der Waals surface area (Å²) in [7, 11) is 0. The van der Waals surface area contributed by atoms with Crippen LogP contribution in [0.1, 0.15) is 25.5 Å². The average molecular weight is 363 g/mol. The normalized spacial score (nSPS) is 20.9. The fraction of sp³-hybridized carbons (Fsp3) is 0.417. The molecule has 1 aromatic heterocycles. The first-order chi connectivity index (χ1) is 8.27. The summed E-state index contributed by atoms with van der Waals surface area (Å²) in [5.74, 6) is 0. The molecule has 0 spiro atoms. The van der Waals surface area contributed by atoms with Gasteiger partial charge in [-0.1, -0.05) is 17.7 Å². The van der Waals surface area contributed by atoms with Crippen LogP contribution < -0.4 is 0 Å². The van der Waals surface area contributed by atoms with Crippen molar-refractivity contribution in [1.29, 1.82) is 0 Å². The van der Waals surface area contributed by atoms with E-state index in [9.17, 15) is 0 Å². The maximum absolute atomic E-state index is 6.22. The van der Waals surface area contributed by atoms with Crippen molar-refractivity contribution >= 4 is 45.1 Å². The lowest BCUT2D eigenvalue weighted by atomic mass is 10.2. The zero-order chi connectivity index (χ0) is 11.8. The maximum Gasteiger partial charge on any atom is 0.150 e. The minimum Gasteiger partial charge on any atom is -0.356 e. The van der Waals surface area contributed by atoms with E-state index in [0.717, 1.165) is 39.1 Å². The van der Waals surface area contributed by atoms with E-state index < -0.39 is 0 Å². The molecule has 0 amide bonds. The van der Waals surface area contributed by atoms with Crippen molar-refractivity contribution in [3.8, 4) is 0 Å². The van der Waals surface area contributed by atoms with Crippen molar-refractivity contribution in [2.75, 3.05) is 6.61 Å². The number of hydrogen-bond donors (Lipinski definition) is 0. The highest BCUT2D eigenvalue weighted by Crippen LogP contribution is 2.32. The molecule has 1 aliphatic rings. The molecule has 90 valence electrons. The van der Waals surface area contributed by atoms with E-state index >= 15 is 0 Å². The van der Waals surface area contributed by atoms with Gasteiger partial charge in [0.1, 0.15) is 3.70 Å². The molecular weight excluding hydrogens is 351 g/mol. The molecule has 3 rings (SSSR count). The van der Waals surface area contributed by atoms with Crippen LogP contribution in [-0.4, -0.2) is 16.4 Å². The van der Waals surface area contributed by atoms with E-state index in [1.54, 1.807) is 0 Å². The Morgan fingerprint density at radius 2 is 2.29 bits per heavy atom. The monoisotopic (exact) mass is 362 g/mol. The van der Waals surface area contributed by atoms with Gasteiger partial charge in [0.2, 0.25) is 0 Å². The molecule has 2 heterocycles. The van der Waals surface area contributed by atoms with Gasteiger partial charge in [-0.15, -0.1) is 0 Å². The Labute approximate surface area is 118 Å². The molecule has 0 saturated carbocycles. The van der Waals surface area contributed by atoms with Crippen LogP contribution in [-0.2, 0) is 4.74 Å². The fourth-order valence-corrected chi connectivity index (χ4v) is 3.46. The Balaban J connectivity index is 2.13. The Bertz CT molecular complexity index is 549. The van der Waals surface area contributed by atoms with Gasteiger partial charge < -0.3 is 4.74 Å². The van der Waals surface area contributed by atoms with Gasteiger partial charge in [0.05, 0.1) is 15.9 Å². The Hall–Kier alpha value is -0.330. The van der Waals surface area contributed by atoms with Crippen molar-refractivity contribution in [1.82, 2.24) is 9.78 Å². The summed E-state index contributed by atoms with van der Waals surface area (Å²) in [4.78, 5) is 0. The highest BCUT2D eigenvalue weighted by Gasteiger charge is 2.21. The van der Waals surface area contributed by atoms with Crippen LogP contribution in [0.4, 0.5) is 0 Å². The minimum absolute atomic E-state index is 0.0632. The molecular formula is C12H12ClIN2O. The molecule has 17 heavy (non-hydrogen) atoms. The lowest BCUT2D eigenvalue weighted by Crippen LogP contribution is -2.19. The first kappa shape index (κ1) is 11.7. The second-order valence-electron chi connectivity index (χ2n) is 4.19. The van der Waals surface area contributed by atoms with Gasteiger partial charge in [0.25, 0.3) is 0 Å². The SMILES string of the molecule is Clc1cccc2c1c(I)nn2C1CCCCO1. The maximum atomic E-state index is 6.22. The molecule has 0 N–H and O–H groups in total. The number of ether oxygens (including phenoxy) is 1. The van der Waals surface area contributed by atoms with Crippen LogP contribution in [0.15, 0.2) is 18.2 Å². The highest BCUT2D eigenvalue weighted by atomic mass is 127. The van der Waals surface area contributed by atoms with Crippen molar-refractivity contribution in [2.24, 2.45) is 0 Å². The molecule has 1 unspecified atom stereocenters. The van der Waals surface area contributed by atoms with Crippen molar-refractivity contribution < 1.29 is 4.74 Å². The van der Waals surface area contributed by atoms with Gasteiger partial charge in [-0.3, -0.25) is 0 Å². The summed E-state index contributed by atoms with van der Waals surface area (Å²) >= 11 is 8.44. The number of benzene rings is 1. The molecule has 1 fully saturated rings. The third kappa shape index (κ3) is 2.06. The third-order valence-corrected chi connectivity index (χ3v) is 4.14. The minimum atomic E-state index is 0.0632. The smallest absolute Gasteiger partial charge is 0.150 e. The van der Waals surface area contributed by atoms with Crippen LogP contribution in [0.3, 0.4) is 0 Å². The predicted octanol–water partition coefficient (Wildman–Crippen LogP) is 3.99. The third-order valence-electron chi connectivity index (χ3n) is 3.07. The number of rotatable bonds is 1. The van der Waals surface area contributed by atoms with E-state index in [-0.39, 0.29) is 6.23 Å². The number of aromatic nitrogens is 2. The molecule has 1 atom stereocenters. The number of halogens is 2. The molecule has 3 nitrogen and oxygen atoms in total. The van der Waals surface area contributed by atoms with Crippen LogP contribution in [0.5, 0.6) is 0 Å². The van der Waals surface area contributed by atoms with Crippen LogP contribution in [0, 0.1) is 3.70 Å².